The van der Waals surface area contributed by atoms with Crippen molar-refractivity contribution in [3.05, 3.63) is 58.4 Å². The maximum Gasteiger partial charge on any atom is 0.238 e. The smallest absolute Gasteiger partial charge is 0.238 e. The lowest BCUT2D eigenvalue weighted by Crippen LogP contribution is -2.03. The molecule has 3 aromatic rings. The van der Waals surface area contributed by atoms with Crippen molar-refractivity contribution in [1.82, 2.24) is 9.55 Å². The van der Waals surface area contributed by atoms with Crippen LogP contribution in [0.5, 0.6) is 5.88 Å². The average Bonchev–Trinajstić information content (AvgIpc) is 2.80. The van der Waals surface area contributed by atoms with Crippen LogP contribution in [0.1, 0.15) is 30.2 Å². The van der Waals surface area contributed by atoms with Gasteiger partial charge in [0, 0.05) is 34.4 Å². The van der Waals surface area contributed by atoms with E-state index in [1.807, 2.05) is 30.5 Å². The van der Waals surface area contributed by atoms with Crippen LogP contribution in [0.2, 0.25) is 5.02 Å². The summed E-state index contributed by atoms with van der Waals surface area (Å²) in [5.74, 6) is 0.673. The topological polar surface area (TPSA) is 27.1 Å². The first kappa shape index (κ1) is 15.9. The SMILES string of the molecule is CCCn1c(C)c(C)c2ccnc(OCc3ccccc3Cl)c21. The van der Waals surface area contributed by atoms with E-state index in [-0.39, 0.29) is 0 Å². The van der Waals surface area contributed by atoms with E-state index in [1.165, 1.54) is 16.6 Å². The van der Waals surface area contributed by atoms with Crippen molar-refractivity contribution in [1.29, 1.82) is 0 Å². The predicted octanol–water partition coefficient (Wildman–Crippen LogP) is 5.30. The molecule has 0 N–H and O–H groups in total. The highest BCUT2D eigenvalue weighted by Crippen LogP contribution is 2.31. The van der Waals surface area contributed by atoms with Gasteiger partial charge in [-0.25, -0.2) is 4.98 Å². The van der Waals surface area contributed by atoms with Gasteiger partial charge in [0.25, 0.3) is 0 Å². The summed E-state index contributed by atoms with van der Waals surface area (Å²) in [6.07, 6.45) is 2.88. The molecule has 0 saturated heterocycles. The molecule has 2 heterocycles. The number of hydrogen-bond acceptors (Lipinski definition) is 2. The standard InChI is InChI=1S/C19H21ClN2O/c1-4-11-22-14(3)13(2)16-9-10-21-19(18(16)22)23-12-15-7-5-6-8-17(15)20/h5-10H,4,11-12H2,1-3H3. The van der Waals surface area contributed by atoms with Crippen LogP contribution < -0.4 is 4.74 Å². The number of aryl methyl sites for hydroxylation is 2. The van der Waals surface area contributed by atoms with Gasteiger partial charge < -0.3 is 9.30 Å². The Morgan fingerprint density at radius 2 is 1.96 bits per heavy atom. The Morgan fingerprint density at radius 3 is 2.70 bits per heavy atom. The number of benzene rings is 1. The van der Waals surface area contributed by atoms with Crippen LogP contribution >= 0.6 is 11.6 Å². The minimum Gasteiger partial charge on any atom is -0.471 e. The second-order valence-corrected chi connectivity index (χ2v) is 6.16. The Labute approximate surface area is 141 Å². The third kappa shape index (κ3) is 2.93. The summed E-state index contributed by atoms with van der Waals surface area (Å²) in [4.78, 5) is 4.46. The van der Waals surface area contributed by atoms with Crippen LogP contribution in [0.3, 0.4) is 0 Å². The zero-order chi connectivity index (χ0) is 16.4. The Balaban J connectivity index is 2.01. The number of ether oxygens (including phenoxy) is 1. The summed E-state index contributed by atoms with van der Waals surface area (Å²) in [7, 11) is 0. The van der Waals surface area contributed by atoms with Crippen molar-refractivity contribution in [3.8, 4) is 5.88 Å². The summed E-state index contributed by atoms with van der Waals surface area (Å²) in [5, 5.41) is 1.93. The van der Waals surface area contributed by atoms with E-state index in [2.05, 4.69) is 36.4 Å². The number of halogens is 1. The molecule has 120 valence electrons. The van der Waals surface area contributed by atoms with E-state index >= 15 is 0 Å². The van der Waals surface area contributed by atoms with Crippen molar-refractivity contribution in [2.75, 3.05) is 0 Å². The summed E-state index contributed by atoms with van der Waals surface area (Å²) in [6.45, 7) is 7.87. The van der Waals surface area contributed by atoms with Crippen LogP contribution in [-0.2, 0) is 13.2 Å². The first-order valence-corrected chi connectivity index (χ1v) is 8.32. The Hall–Kier alpha value is -2.00. The molecule has 1 aromatic carbocycles. The van der Waals surface area contributed by atoms with Crippen molar-refractivity contribution < 1.29 is 4.74 Å². The van der Waals surface area contributed by atoms with Gasteiger partial charge >= 0.3 is 0 Å². The summed E-state index contributed by atoms with van der Waals surface area (Å²) in [6, 6.07) is 9.80. The molecular weight excluding hydrogens is 308 g/mol. The van der Waals surface area contributed by atoms with Gasteiger partial charge in [-0.05, 0) is 38.0 Å². The summed E-state index contributed by atoms with van der Waals surface area (Å²) in [5.41, 5.74) is 4.61. The molecule has 0 atom stereocenters. The van der Waals surface area contributed by atoms with Crippen molar-refractivity contribution >= 4 is 22.5 Å². The van der Waals surface area contributed by atoms with Crippen LogP contribution in [0.4, 0.5) is 0 Å². The molecule has 3 rings (SSSR count). The molecule has 0 spiro atoms. The molecule has 2 aromatic heterocycles. The number of pyridine rings is 1. The number of fused-ring (bicyclic) bond motifs is 1. The molecule has 0 radical (unpaired) electrons. The molecule has 3 nitrogen and oxygen atoms in total. The van der Waals surface area contributed by atoms with Crippen molar-refractivity contribution in [2.45, 2.75) is 40.3 Å². The van der Waals surface area contributed by atoms with E-state index < -0.39 is 0 Å². The largest absolute Gasteiger partial charge is 0.471 e. The van der Waals surface area contributed by atoms with Crippen LogP contribution in [0, 0.1) is 13.8 Å². The third-order valence-corrected chi connectivity index (χ3v) is 4.65. The maximum absolute atomic E-state index is 6.21. The van der Waals surface area contributed by atoms with Crippen molar-refractivity contribution in [3.63, 3.8) is 0 Å². The first-order chi connectivity index (χ1) is 11.1. The molecule has 23 heavy (non-hydrogen) atoms. The van der Waals surface area contributed by atoms with Gasteiger partial charge in [-0.15, -0.1) is 0 Å². The Bertz CT molecular complexity index is 839. The lowest BCUT2D eigenvalue weighted by Gasteiger charge is -2.11. The van der Waals surface area contributed by atoms with Gasteiger partial charge in [0.15, 0.2) is 0 Å². The number of nitrogens with zero attached hydrogens (tertiary/aromatic N) is 2. The molecule has 0 aliphatic rings. The highest BCUT2D eigenvalue weighted by Gasteiger charge is 2.16. The fourth-order valence-electron chi connectivity index (χ4n) is 2.93. The maximum atomic E-state index is 6.21. The van der Waals surface area contributed by atoms with E-state index in [0.717, 1.165) is 29.1 Å². The van der Waals surface area contributed by atoms with E-state index in [1.54, 1.807) is 0 Å². The van der Waals surface area contributed by atoms with Gasteiger partial charge in [-0.1, -0.05) is 36.7 Å². The minimum atomic E-state index is 0.418. The lowest BCUT2D eigenvalue weighted by molar-refractivity contribution is 0.296. The second kappa shape index (κ2) is 6.63. The zero-order valence-electron chi connectivity index (χ0n) is 13.8. The minimum absolute atomic E-state index is 0.418. The molecular formula is C19H21ClN2O. The fraction of sp³-hybridized carbons (Fsp3) is 0.316. The lowest BCUT2D eigenvalue weighted by atomic mass is 10.2. The zero-order valence-corrected chi connectivity index (χ0v) is 14.5. The Morgan fingerprint density at radius 1 is 1.17 bits per heavy atom. The van der Waals surface area contributed by atoms with Gasteiger partial charge in [-0.3, -0.25) is 0 Å². The van der Waals surface area contributed by atoms with Gasteiger partial charge in [0.05, 0.1) is 0 Å². The van der Waals surface area contributed by atoms with Gasteiger partial charge in [0.2, 0.25) is 5.88 Å². The average molecular weight is 329 g/mol. The van der Waals surface area contributed by atoms with E-state index in [4.69, 9.17) is 16.3 Å². The molecule has 4 heteroatoms. The highest BCUT2D eigenvalue weighted by atomic mass is 35.5. The predicted molar refractivity (Wildman–Crippen MR) is 95.3 cm³/mol. The van der Waals surface area contributed by atoms with Crippen LogP contribution in [-0.4, -0.2) is 9.55 Å². The van der Waals surface area contributed by atoms with E-state index in [9.17, 15) is 0 Å². The molecule has 0 unspecified atom stereocenters. The quantitative estimate of drug-likeness (QED) is 0.635. The molecule has 0 aliphatic carbocycles. The first-order valence-electron chi connectivity index (χ1n) is 7.94. The summed E-state index contributed by atoms with van der Waals surface area (Å²) < 4.78 is 8.33. The third-order valence-electron chi connectivity index (χ3n) is 4.28. The Kier molecular flexibility index (Phi) is 4.58. The number of hydrogen-bond donors (Lipinski definition) is 0. The fourth-order valence-corrected chi connectivity index (χ4v) is 3.12. The molecule has 0 amide bonds. The summed E-state index contributed by atoms with van der Waals surface area (Å²) >= 11 is 6.21. The molecule has 0 bridgehead atoms. The number of aromatic nitrogens is 2. The highest BCUT2D eigenvalue weighted by molar-refractivity contribution is 6.31. The molecule has 0 fully saturated rings. The second-order valence-electron chi connectivity index (χ2n) is 5.75. The normalized spacial score (nSPS) is 11.1. The van der Waals surface area contributed by atoms with Gasteiger partial charge in [-0.2, -0.15) is 0 Å². The van der Waals surface area contributed by atoms with Gasteiger partial charge in [0.1, 0.15) is 12.1 Å². The molecule has 0 saturated carbocycles. The van der Waals surface area contributed by atoms with Crippen LogP contribution in [0.15, 0.2) is 36.5 Å². The monoisotopic (exact) mass is 328 g/mol. The van der Waals surface area contributed by atoms with Crippen molar-refractivity contribution in [2.24, 2.45) is 0 Å². The van der Waals surface area contributed by atoms with Crippen LogP contribution in [0.25, 0.3) is 10.9 Å². The molecule has 0 aliphatic heterocycles. The van der Waals surface area contributed by atoms with E-state index in [0.29, 0.717) is 12.5 Å². The number of rotatable bonds is 5.